The zero-order valence-corrected chi connectivity index (χ0v) is 26.3. The van der Waals surface area contributed by atoms with Gasteiger partial charge in [0.05, 0.1) is 36.5 Å². The molecule has 1 saturated carbocycles. The van der Waals surface area contributed by atoms with E-state index < -0.39 is 0 Å². The van der Waals surface area contributed by atoms with Gasteiger partial charge in [0.2, 0.25) is 5.91 Å². The van der Waals surface area contributed by atoms with Gasteiger partial charge in [0.25, 0.3) is 0 Å². The molecule has 0 unspecified atom stereocenters. The highest BCUT2D eigenvalue weighted by molar-refractivity contribution is 5.97. The number of benzene rings is 2. The van der Waals surface area contributed by atoms with Crippen molar-refractivity contribution in [1.29, 1.82) is 10.5 Å². The van der Waals surface area contributed by atoms with Gasteiger partial charge in [-0.05, 0) is 49.3 Å². The third-order valence-corrected chi connectivity index (χ3v) is 10.7. The third-order valence-electron chi connectivity index (χ3n) is 10.7. The maximum atomic E-state index is 12.7. The van der Waals surface area contributed by atoms with Gasteiger partial charge in [-0.15, -0.1) is 0 Å². The number of piperazine rings is 1. The molecular weight excluding hydrogens is 558 g/mol. The number of rotatable bonds is 5. The van der Waals surface area contributed by atoms with E-state index in [1.807, 2.05) is 0 Å². The number of aromatic nitrogens is 1. The average molecular weight is 600 g/mol. The fourth-order valence-corrected chi connectivity index (χ4v) is 8.48. The van der Waals surface area contributed by atoms with Crippen molar-refractivity contribution in [2.45, 2.75) is 64.5 Å². The van der Waals surface area contributed by atoms with Crippen molar-refractivity contribution in [2.24, 2.45) is 5.41 Å². The Morgan fingerprint density at radius 2 is 1.82 bits per heavy atom. The molecule has 1 atom stereocenters. The predicted octanol–water partition coefficient (Wildman–Crippen LogP) is 5.86. The molecule has 1 spiro atoms. The molecule has 1 amide bonds. The number of aryl methyl sites for hydroxylation is 1. The van der Waals surface area contributed by atoms with Crippen molar-refractivity contribution in [3.8, 4) is 12.1 Å². The first kappa shape index (κ1) is 29.2. The van der Waals surface area contributed by atoms with Crippen LogP contribution in [0.2, 0.25) is 0 Å². The summed E-state index contributed by atoms with van der Waals surface area (Å²) in [7, 11) is 0. The molecular formula is C37H41N7O. The topological polar surface area (TPSA) is 90.5 Å². The van der Waals surface area contributed by atoms with Crippen LogP contribution in [0.1, 0.15) is 60.9 Å². The van der Waals surface area contributed by atoms with Crippen LogP contribution in [0.3, 0.4) is 0 Å². The highest BCUT2D eigenvalue weighted by Gasteiger charge is 2.45. The largest absolute Gasteiger partial charge is 0.366 e. The summed E-state index contributed by atoms with van der Waals surface area (Å²) in [6, 6.07) is 17.6. The van der Waals surface area contributed by atoms with Crippen LogP contribution in [-0.4, -0.2) is 61.1 Å². The van der Waals surface area contributed by atoms with E-state index in [1.165, 1.54) is 60.2 Å². The molecule has 3 fully saturated rings. The highest BCUT2D eigenvalue weighted by Crippen LogP contribution is 2.48. The molecule has 4 heterocycles. The molecule has 2 saturated heterocycles. The molecule has 8 heteroatoms. The standard InChI is InChI=1S/C37H41N7O/c1-3-33(45)44-20-19-42(22-28(44)13-17-38)35-29-14-18-41(32-12-8-11-27-10-7-9-26(2)34(27)32)23-31(29)40-36(30(35)21-39)43-24-37(25-43)15-5-4-6-16-37/h3,7-12,28H,1,4-6,13-16,18-20,22-25H2,2H3/t28-/m0/s1. The molecule has 0 radical (unpaired) electrons. The van der Waals surface area contributed by atoms with Gasteiger partial charge in [-0.25, -0.2) is 4.98 Å². The normalized spacial score (nSPS) is 20.7. The Hall–Kier alpha value is -4.56. The second-order valence-electron chi connectivity index (χ2n) is 13.4. The lowest BCUT2D eigenvalue weighted by Crippen LogP contribution is -2.58. The summed E-state index contributed by atoms with van der Waals surface area (Å²) in [5, 5.41) is 22.9. The zero-order valence-electron chi connectivity index (χ0n) is 26.3. The van der Waals surface area contributed by atoms with Crippen LogP contribution in [0.15, 0.2) is 49.1 Å². The molecule has 1 aliphatic carbocycles. The number of fused-ring (bicyclic) bond motifs is 2. The van der Waals surface area contributed by atoms with Crippen LogP contribution in [-0.2, 0) is 17.8 Å². The monoisotopic (exact) mass is 599 g/mol. The number of hydrogen-bond acceptors (Lipinski definition) is 7. The maximum absolute atomic E-state index is 12.7. The molecule has 4 aliphatic rings. The maximum Gasteiger partial charge on any atom is 0.246 e. The Labute approximate surface area is 266 Å². The van der Waals surface area contributed by atoms with Crippen molar-refractivity contribution in [3.63, 3.8) is 0 Å². The van der Waals surface area contributed by atoms with Crippen molar-refractivity contribution in [3.05, 3.63) is 71.4 Å². The molecule has 3 aliphatic heterocycles. The molecule has 2 aromatic carbocycles. The average Bonchev–Trinajstić information content (AvgIpc) is 3.06. The van der Waals surface area contributed by atoms with Crippen molar-refractivity contribution >= 4 is 33.9 Å². The van der Waals surface area contributed by atoms with Crippen LogP contribution in [0, 0.1) is 35.0 Å². The molecule has 45 heavy (non-hydrogen) atoms. The molecule has 7 rings (SSSR count). The fraction of sp³-hybridized carbons (Fsp3) is 0.459. The lowest BCUT2D eigenvalue weighted by atomic mass is 9.68. The fourth-order valence-electron chi connectivity index (χ4n) is 8.48. The summed E-state index contributed by atoms with van der Waals surface area (Å²) in [4.78, 5) is 26.8. The van der Waals surface area contributed by atoms with Crippen LogP contribution in [0.4, 0.5) is 17.2 Å². The number of amides is 1. The molecule has 0 bridgehead atoms. The van der Waals surface area contributed by atoms with E-state index in [1.54, 1.807) is 4.90 Å². The van der Waals surface area contributed by atoms with Crippen LogP contribution < -0.4 is 14.7 Å². The second-order valence-corrected chi connectivity index (χ2v) is 13.4. The summed E-state index contributed by atoms with van der Waals surface area (Å²) in [6.07, 6.45) is 8.75. The summed E-state index contributed by atoms with van der Waals surface area (Å²) >= 11 is 0. The number of hydrogen-bond donors (Lipinski definition) is 0. The summed E-state index contributed by atoms with van der Waals surface area (Å²) in [6.45, 7) is 10.9. The number of carbonyl (C=O) groups excluding carboxylic acids is 1. The number of nitrogens with zero attached hydrogens (tertiary/aromatic N) is 7. The smallest absolute Gasteiger partial charge is 0.246 e. The van der Waals surface area contributed by atoms with Crippen molar-refractivity contribution in [2.75, 3.05) is 54.0 Å². The van der Waals surface area contributed by atoms with Gasteiger partial charge in [0, 0.05) is 61.3 Å². The Kier molecular flexibility index (Phi) is 7.61. The minimum Gasteiger partial charge on any atom is -0.366 e. The Morgan fingerprint density at radius 3 is 2.56 bits per heavy atom. The minimum absolute atomic E-state index is 0.146. The Bertz CT molecular complexity index is 1730. The van der Waals surface area contributed by atoms with E-state index in [0.29, 0.717) is 37.2 Å². The Morgan fingerprint density at radius 1 is 1.04 bits per heavy atom. The van der Waals surface area contributed by atoms with E-state index in [4.69, 9.17) is 4.98 Å². The van der Waals surface area contributed by atoms with Gasteiger partial charge >= 0.3 is 0 Å². The van der Waals surface area contributed by atoms with Crippen LogP contribution >= 0.6 is 0 Å². The van der Waals surface area contributed by atoms with Gasteiger partial charge in [0.15, 0.2) is 0 Å². The SMILES string of the molecule is C=CC(=O)N1CCN(c2c(C#N)c(N3CC4(CCCCC4)C3)nc3c2CCN(c2cccc4cccc(C)c24)C3)C[C@@H]1CC#N. The molecule has 0 N–H and O–H groups in total. The van der Waals surface area contributed by atoms with E-state index in [0.717, 1.165) is 48.8 Å². The number of carbonyl (C=O) groups is 1. The first-order valence-electron chi connectivity index (χ1n) is 16.4. The molecule has 230 valence electrons. The highest BCUT2D eigenvalue weighted by atomic mass is 16.2. The lowest BCUT2D eigenvalue weighted by molar-refractivity contribution is -0.128. The molecule has 3 aromatic rings. The second kappa shape index (κ2) is 11.7. The molecule has 1 aromatic heterocycles. The van der Waals surface area contributed by atoms with Gasteiger partial charge < -0.3 is 19.6 Å². The first-order chi connectivity index (χ1) is 21.9. The summed E-state index contributed by atoms with van der Waals surface area (Å²) < 4.78 is 0. The van der Waals surface area contributed by atoms with E-state index in [9.17, 15) is 15.3 Å². The Balaban J connectivity index is 1.30. The lowest BCUT2D eigenvalue weighted by Gasteiger charge is -2.53. The van der Waals surface area contributed by atoms with Crippen molar-refractivity contribution < 1.29 is 4.79 Å². The van der Waals surface area contributed by atoms with Crippen LogP contribution in [0.5, 0.6) is 0 Å². The van der Waals surface area contributed by atoms with E-state index in [-0.39, 0.29) is 18.4 Å². The number of anilines is 3. The van der Waals surface area contributed by atoms with Gasteiger partial charge in [-0.2, -0.15) is 10.5 Å². The van der Waals surface area contributed by atoms with E-state index in [2.05, 4.69) is 76.7 Å². The van der Waals surface area contributed by atoms with Gasteiger partial charge in [-0.1, -0.05) is 56.2 Å². The van der Waals surface area contributed by atoms with Gasteiger partial charge in [-0.3, -0.25) is 4.79 Å². The molecule has 8 nitrogen and oxygen atoms in total. The third kappa shape index (κ3) is 5.07. The van der Waals surface area contributed by atoms with E-state index >= 15 is 0 Å². The summed E-state index contributed by atoms with van der Waals surface area (Å²) in [5.74, 6) is 0.659. The quantitative estimate of drug-likeness (QED) is 0.339. The predicted molar refractivity (Wildman–Crippen MR) is 178 cm³/mol. The minimum atomic E-state index is -0.263. The van der Waals surface area contributed by atoms with Crippen LogP contribution in [0.25, 0.3) is 10.8 Å². The van der Waals surface area contributed by atoms with Gasteiger partial charge in [0.1, 0.15) is 17.5 Å². The summed E-state index contributed by atoms with van der Waals surface area (Å²) in [5.41, 5.74) is 6.61. The number of pyridine rings is 1. The first-order valence-corrected chi connectivity index (χ1v) is 16.4. The van der Waals surface area contributed by atoms with Crippen molar-refractivity contribution in [1.82, 2.24) is 9.88 Å². The zero-order chi connectivity index (χ0) is 31.1. The number of nitriles is 2.